The lowest BCUT2D eigenvalue weighted by atomic mass is 9.99. The standard InChI is InChI=1S/C28H25N3O6S2/c1-38(33,34)23-13-14-26(37-22-6-4-5-20(15-22)28(29)30)21(16-23)17-25(32)19-11-9-18(10-12-19)24-7-2-3-8-27(24)39(31,35)36/h2-16H,17H2,1H3,(H3,29,30)(H2,31,35,36). The number of nitrogens with one attached hydrogen (secondary N) is 1. The highest BCUT2D eigenvalue weighted by Gasteiger charge is 2.18. The van der Waals surface area contributed by atoms with Crippen LogP contribution in [-0.4, -0.2) is 34.7 Å². The van der Waals surface area contributed by atoms with Crippen molar-refractivity contribution >= 4 is 31.5 Å². The van der Waals surface area contributed by atoms with Gasteiger partial charge < -0.3 is 10.5 Å². The third-order valence-corrected chi connectivity index (χ3v) is 7.97. The Morgan fingerprint density at radius 2 is 1.54 bits per heavy atom. The van der Waals surface area contributed by atoms with Crippen LogP contribution < -0.4 is 15.6 Å². The van der Waals surface area contributed by atoms with Crippen molar-refractivity contribution in [2.75, 3.05) is 6.26 Å². The highest BCUT2D eigenvalue weighted by Crippen LogP contribution is 2.31. The quantitative estimate of drug-likeness (QED) is 0.157. The molecule has 0 bridgehead atoms. The van der Waals surface area contributed by atoms with Gasteiger partial charge in [0.05, 0.1) is 9.79 Å². The molecule has 0 spiro atoms. The van der Waals surface area contributed by atoms with Crippen LogP contribution in [0.5, 0.6) is 11.5 Å². The number of carbonyl (C=O) groups excluding carboxylic acids is 1. The zero-order chi connectivity index (χ0) is 28.4. The number of carbonyl (C=O) groups is 1. The predicted molar refractivity (Wildman–Crippen MR) is 148 cm³/mol. The summed E-state index contributed by atoms with van der Waals surface area (Å²) in [5.74, 6) is 0.184. The van der Waals surface area contributed by atoms with Gasteiger partial charge in [0.15, 0.2) is 15.6 Å². The maximum atomic E-state index is 13.2. The summed E-state index contributed by atoms with van der Waals surface area (Å²) in [6.07, 6.45) is 0.904. The summed E-state index contributed by atoms with van der Waals surface area (Å²) in [5.41, 5.74) is 7.65. The zero-order valence-electron chi connectivity index (χ0n) is 20.8. The third-order valence-electron chi connectivity index (χ3n) is 5.90. The summed E-state index contributed by atoms with van der Waals surface area (Å²) >= 11 is 0. The molecule has 0 aromatic heterocycles. The molecule has 0 saturated heterocycles. The SMILES string of the molecule is CS(=O)(=O)c1ccc(Oc2cccc(C(=N)N)c2)c(CC(=O)c2ccc(-c3ccccc3S(N)(=O)=O)cc2)c1. The van der Waals surface area contributed by atoms with Gasteiger partial charge in [-0.05, 0) is 42.0 Å². The monoisotopic (exact) mass is 563 g/mol. The minimum absolute atomic E-state index is 0.0303. The van der Waals surface area contributed by atoms with Gasteiger partial charge in [0.25, 0.3) is 0 Å². The van der Waals surface area contributed by atoms with Gasteiger partial charge in [-0.15, -0.1) is 0 Å². The molecule has 0 atom stereocenters. The van der Waals surface area contributed by atoms with Gasteiger partial charge in [0.2, 0.25) is 10.0 Å². The Labute approximate surface area is 226 Å². The number of benzene rings is 4. The van der Waals surface area contributed by atoms with Gasteiger partial charge in [-0.25, -0.2) is 22.0 Å². The fraction of sp³-hybridized carbons (Fsp3) is 0.0714. The first-order valence-corrected chi connectivity index (χ1v) is 15.0. The van der Waals surface area contributed by atoms with Gasteiger partial charge >= 0.3 is 0 Å². The third kappa shape index (κ3) is 6.58. The van der Waals surface area contributed by atoms with E-state index < -0.39 is 19.9 Å². The van der Waals surface area contributed by atoms with E-state index in [-0.39, 0.29) is 33.6 Å². The number of rotatable bonds is 9. The molecule has 4 aromatic carbocycles. The molecule has 11 heteroatoms. The lowest BCUT2D eigenvalue weighted by molar-refractivity contribution is 0.0992. The van der Waals surface area contributed by atoms with Crippen LogP contribution in [0.4, 0.5) is 0 Å². The smallest absolute Gasteiger partial charge is 0.238 e. The Morgan fingerprint density at radius 1 is 0.846 bits per heavy atom. The number of sulfonamides is 1. The van der Waals surface area contributed by atoms with Crippen molar-refractivity contribution in [3.05, 3.63) is 108 Å². The van der Waals surface area contributed by atoms with E-state index in [9.17, 15) is 21.6 Å². The second kappa shape index (κ2) is 10.8. The van der Waals surface area contributed by atoms with Crippen molar-refractivity contribution < 1.29 is 26.4 Å². The second-order valence-electron chi connectivity index (χ2n) is 8.80. The number of Topliss-reactive ketones (excluding diaryl/α,β-unsaturated/α-hetero) is 1. The largest absolute Gasteiger partial charge is 0.457 e. The molecule has 0 unspecified atom stereocenters. The van der Waals surface area contributed by atoms with E-state index in [2.05, 4.69) is 0 Å². The Morgan fingerprint density at radius 3 is 2.18 bits per heavy atom. The number of primary sulfonamides is 1. The molecule has 0 fully saturated rings. The lowest BCUT2D eigenvalue weighted by Gasteiger charge is -2.13. The number of hydrogen-bond donors (Lipinski definition) is 3. The molecule has 9 nitrogen and oxygen atoms in total. The number of amidine groups is 1. The minimum Gasteiger partial charge on any atom is -0.457 e. The molecular weight excluding hydrogens is 538 g/mol. The molecular formula is C28H25N3O6S2. The van der Waals surface area contributed by atoms with Crippen LogP contribution in [0.3, 0.4) is 0 Å². The summed E-state index contributed by atoms with van der Waals surface area (Å²) in [6.45, 7) is 0. The average Bonchev–Trinajstić information content (AvgIpc) is 2.89. The number of hydrogen-bond acceptors (Lipinski definition) is 7. The molecule has 0 heterocycles. The highest BCUT2D eigenvalue weighted by molar-refractivity contribution is 7.90. The Kier molecular flexibility index (Phi) is 7.68. The molecule has 0 radical (unpaired) electrons. The normalized spacial score (nSPS) is 11.6. The summed E-state index contributed by atoms with van der Waals surface area (Å²) in [6, 6.07) is 23.5. The zero-order valence-corrected chi connectivity index (χ0v) is 22.4. The summed E-state index contributed by atoms with van der Waals surface area (Å²) < 4.78 is 54.3. The van der Waals surface area contributed by atoms with Crippen molar-refractivity contribution in [3.63, 3.8) is 0 Å². The highest BCUT2D eigenvalue weighted by atomic mass is 32.2. The number of ether oxygens (including phenoxy) is 1. The van der Waals surface area contributed by atoms with Gasteiger partial charge in [-0.1, -0.05) is 54.6 Å². The molecule has 0 aliphatic heterocycles. The van der Waals surface area contributed by atoms with Crippen LogP contribution in [0.1, 0.15) is 21.5 Å². The fourth-order valence-corrected chi connectivity index (χ4v) is 5.37. The molecule has 39 heavy (non-hydrogen) atoms. The number of nitrogens with two attached hydrogens (primary N) is 2. The number of nitrogen functional groups attached to an aromatic ring is 1. The van der Waals surface area contributed by atoms with Gasteiger partial charge in [0, 0.05) is 34.9 Å². The van der Waals surface area contributed by atoms with Crippen molar-refractivity contribution in [1.29, 1.82) is 5.41 Å². The van der Waals surface area contributed by atoms with Crippen LogP contribution in [0.25, 0.3) is 11.1 Å². The molecule has 0 aliphatic rings. The van der Waals surface area contributed by atoms with E-state index in [0.29, 0.717) is 33.6 Å². The first-order valence-electron chi connectivity index (χ1n) is 11.5. The first-order chi connectivity index (χ1) is 18.3. The number of sulfone groups is 1. The van der Waals surface area contributed by atoms with E-state index in [0.717, 1.165) is 6.26 Å². The van der Waals surface area contributed by atoms with Crippen molar-refractivity contribution in [1.82, 2.24) is 0 Å². The molecule has 0 amide bonds. The van der Waals surface area contributed by atoms with E-state index in [1.54, 1.807) is 66.7 Å². The second-order valence-corrected chi connectivity index (χ2v) is 12.3. The molecule has 200 valence electrons. The first kappa shape index (κ1) is 27.7. The van der Waals surface area contributed by atoms with E-state index in [1.807, 2.05) is 0 Å². The predicted octanol–water partition coefficient (Wildman–Crippen LogP) is 3.91. The van der Waals surface area contributed by atoms with E-state index in [1.165, 1.54) is 24.3 Å². The maximum Gasteiger partial charge on any atom is 0.238 e. The molecule has 4 aromatic rings. The Bertz CT molecular complexity index is 1800. The van der Waals surface area contributed by atoms with Crippen molar-refractivity contribution in [2.45, 2.75) is 16.2 Å². The lowest BCUT2D eigenvalue weighted by Crippen LogP contribution is -2.13. The summed E-state index contributed by atoms with van der Waals surface area (Å²) in [7, 11) is -7.51. The van der Waals surface area contributed by atoms with Gasteiger partial charge in [-0.3, -0.25) is 10.2 Å². The summed E-state index contributed by atoms with van der Waals surface area (Å²) in [5, 5.41) is 13.0. The topological polar surface area (TPSA) is 170 Å². The van der Waals surface area contributed by atoms with Gasteiger partial charge in [0.1, 0.15) is 17.3 Å². The van der Waals surface area contributed by atoms with Crippen LogP contribution in [0, 0.1) is 5.41 Å². The van der Waals surface area contributed by atoms with Crippen LogP contribution in [0.15, 0.2) is 101 Å². The summed E-state index contributed by atoms with van der Waals surface area (Å²) in [4.78, 5) is 13.2. The minimum atomic E-state index is -3.95. The van der Waals surface area contributed by atoms with Crippen LogP contribution in [0.2, 0.25) is 0 Å². The molecule has 5 N–H and O–H groups in total. The number of ketones is 1. The Balaban J connectivity index is 1.66. The van der Waals surface area contributed by atoms with E-state index in [4.69, 9.17) is 21.0 Å². The Hall–Kier alpha value is -4.32. The van der Waals surface area contributed by atoms with Crippen molar-refractivity contribution in [2.24, 2.45) is 10.9 Å². The van der Waals surface area contributed by atoms with Gasteiger partial charge in [-0.2, -0.15) is 0 Å². The molecule has 4 rings (SSSR count). The maximum absolute atomic E-state index is 13.2. The average molecular weight is 564 g/mol. The van der Waals surface area contributed by atoms with Crippen molar-refractivity contribution in [3.8, 4) is 22.6 Å². The molecule has 0 aliphatic carbocycles. The van der Waals surface area contributed by atoms with Crippen LogP contribution in [-0.2, 0) is 26.3 Å². The molecule has 0 saturated carbocycles. The van der Waals surface area contributed by atoms with E-state index >= 15 is 0 Å². The fourth-order valence-electron chi connectivity index (χ4n) is 3.94. The van der Waals surface area contributed by atoms with Crippen LogP contribution >= 0.6 is 0 Å².